The van der Waals surface area contributed by atoms with Crippen LogP contribution in [0.1, 0.15) is 27.7 Å². The van der Waals surface area contributed by atoms with Crippen molar-refractivity contribution in [2.24, 2.45) is 0 Å². The topological polar surface area (TPSA) is 36.9 Å². The molecule has 2 saturated heterocycles. The summed E-state index contributed by atoms with van der Waals surface area (Å²) in [6.45, 7) is 8.51. The molecule has 6 unspecified atom stereocenters. The molecule has 0 saturated carbocycles. The Bertz CT molecular complexity index is 2500. The van der Waals surface area contributed by atoms with Gasteiger partial charge in [0, 0.05) is 0 Å². The molecule has 0 spiro atoms. The fourth-order valence-corrected chi connectivity index (χ4v) is 27.4. The molecule has 0 aliphatic carbocycles. The van der Waals surface area contributed by atoms with E-state index in [1.165, 1.54) is 42.4 Å². The molecule has 4 nitrogen and oxygen atoms in total. The zero-order valence-electron chi connectivity index (χ0n) is 40.7. The van der Waals surface area contributed by atoms with Crippen molar-refractivity contribution in [3.05, 3.63) is 243 Å². The minimum absolute atomic E-state index is 0.0508. The molecular weight excluding hydrogens is 1040 g/mol. The second-order valence-electron chi connectivity index (χ2n) is 18.7. The van der Waals surface area contributed by atoms with Crippen molar-refractivity contribution in [1.29, 1.82) is 0 Å². The van der Waals surface area contributed by atoms with E-state index in [4.69, 9.17) is 18.9 Å². The number of rotatable bonds is 18. The maximum absolute atomic E-state index is 7.58. The van der Waals surface area contributed by atoms with Crippen LogP contribution in [-0.4, -0.2) is 56.6 Å². The molecule has 364 valence electrons. The van der Waals surface area contributed by atoms with Crippen LogP contribution in [0.2, 0.25) is 0 Å². The number of benzene rings is 8. The van der Waals surface area contributed by atoms with Crippen molar-refractivity contribution in [3.8, 4) is 0 Å². The van der Waals surface area contributed by atoms with Crippen molar-refractivity contribution in [2.75, 3.05) is 12.3 Å². The van der Waals surface area contributed by atoms with Crippen molar-refractivity contribution in [3.63, 3.8) is 0 Å². The van der Waals surface area contributed by atoms with E-state index in [1.54, 1.807) is 0 Å². The van der Waals surface area contributed by atoms with Crippen molar-refractivity contribution < 1.29 is 36.9 Å². The molecule has 0 N–H and O–H groups in total. The van der Waals surface area contributed by atoms with Gasteiger partial charge in [-0.15, -0.1) is 0 Å². The van der Waals surface area contributed by atoms with E-state index in [0.717, 1.165) is 12.3 Å². The monoisotopic (exact) mass is 1100 g/mol. The Morgan fingerprint density at radius 2 is 0.535 bits per heavy atom. The molecule has 9 heteroatoms. The van der Waals surface area contributed by atoms with Crippen molar-refractivity contribution in [1.82, 2.24) is 0 Å². The van der Waals surface area contributed by atoms with Gasteiger partial charge in [0.1, 0.15) is 0 Å². The minimum atomic E-state index is -1.02. The van der Waals surface area contributed by atoms with Crippen LogP contribution in [0.3, 0.4) is 0 Å². The van der Waals surface area contributed by atoms with Crippen molar-refractivity contribution in [2.45, 2.75) is 71.9 Å². The van der Waals surface area contributed by atoms with Gasteiger partial charge in [0.15, 0.2) is 0 Å². The van der Waals surface area contributed by atoms with Gasteiger partial charge in [-0.05, 0) is 0 Å². The van der Waals surface area contributed by atoms with Crippen LogP contribution in [0.5, 0.6) is 0 Å². The fourth-order valence-electron chi connectivity index (χ4n) is 9.76. The third kappa shape index (κ3) is 12.3. The first kappa shape index (κ1) is 50.5. The Hall–Kier alpha value is -4.02. The van der Waals surface area contributed by atoms with Crippen molar-refractivity contribution >= 4 is 74.1 Å². The molecule has 0 aromatic heterocycles. The molecule has 8 aromatic rings. The molecule has 2 fully saturated rings. The summed E-state index contributed by atoms with van der Waals surface area (Å²) in [5.41, 5.74) is 0. The summed E-state index contributed by atoms with van der Waals surface area (Å²) in [6, 6.07) is 89.6. The van der Waals surface area contributed by atoms with Crippen LogP contribution < -0.4 is 42.4 Å². The van der Waals surface area contributed by atoms with Crippen LogP contribution >= 0.6 is 31.7 Å². The van der Waals surface area contributed by atoms with Gasteiger partial charge >= 0.3 is 438 Å². The van der Waals surface area contributed by atoms with Gasteiger partial charge in [-0.3, -0.25) is 0 Å². The van der Waals surface area contributed by atoms with Gasteiger partial charge in [0.25, 0.3) is 0 Å². The Labute approximate surface area is 435 Å². The van der Waals surface area contributed by atoms with Crippen LogP contribution in [-0.2, 0) is 36.9 Å². The van der Waals surface area contributed by atoms with E-state index < -0.39 is 43.3 Å². The quantitative estimate of drug-likeness (QED) is 0.0634. The third-order valence-corrected chi connectivity index (χ3v) is 28.4. The third-order valence-electron chi connectivity index (χ3n) is 12.8. The van der Waals surface area contributed by atoms with Crippen LogP contribution in [0.15, 0.2) is 243 Å². The molecule has 2 heterocycles. The zero-order valence-corrected chi connectivity index (χ0v) is 45.8. The first-order valence-corrected chi connectivity index (χ1v) is 32.2. The Morgan fingerprint density at radius 1 is 0.324 bits per heavy atom. The second kappa shape index (κ2) is 23.5. The predicted molar refractivity (Wildman–Crippen MR) is 301 cm³/mol. The van der Waals surface area contributed by atoms with Gasteiger partial charge in [-0.25, -0.2) is 0 Å². The molecule has 2 aliphatic rings. The molecule has 2 aliphatic heterocycles. The van der Waals surface area contributed by atoms with E-state index in [9.17, 15) is 0 Å². The summed E-state index contributed by atoms with van der Waals surface area (Å²) in [6.07, 6.45) is 0.845. The predicted octanol–water partition coefficient (Wildman–Crippen LogP) is 11.3. The zero-order chi connectivity index (χ0) is 48.6. The summed E-state index contributed by atoms with van der Waals surface area (Å²) < 4.78 is 30.0. The molecular formula is C62H62O4P4Pd. The van der Waals surface area contributed by atoms with Gasteiger partial charge in [-0.1, -0.05) is 0 Å². The van der Waals surface area contributed by atoms with Gasteiger partial charge < -0.3 is 0 Å². The summed E-state index contributed by atoms with van der Waals surface area (Å²) in [5.74, 6) is -1.61. The summed E-state index contributed by atoms with van der Waals surface area (Å²) in [7, 11) is -3.64. The first-order valence-electron chi connectivity index (χ1n) is 24.5. The first-order chi connectivity index (χ1) is 34.7. The summed E-state index contributed by atoms with van der Waals surface area (Å²) in [5, 5.41) is 10.8. The summed E-state index contributed by atoms with van der Waals surface area (Å²) >= 11 is 0.0508. The molecule has 6 atom stereocenters. The van der Waals surface area contributed by atoms with Crippen LogP contribution in [0.25, 0.3) is 0 Å². The average molecular weight is 1100 g/mol. The maximum atomic E-state index is 7.58. The number of ether oxygens (including phenoxy) is 4. The van der Waals surface area contributed by atoms with Gasteiger partial charge in [-0.2, -0.15) is 0 Å². The Kier molecular flexibility index (Phi) is 16.7. The molecule has 0 bridgehead atoms. The number of hydrogen-bond donors (Lipinski definition) is 0. The molecule has 10 rings (SSSR count). The molecule has 0 radical (unpaired) electrons. The molecule has 71 heavy (non-hydrogen) atoms. The van der Waals surface area contributed by atoms with Crippen LogP contribution in [0, 0.1) is 0 Å². The van der Waals surface area contributed by atoms with E-state index >= 15 is 0 Å². The van der Waals surface area contributed by atoms with Gasteiger partial charge in [0.05, 0.1) is 0 Å². The Balaban J connectivity index is 1.17. The standard InChI is InChI=1S/2C31H31O2P2.Pd/c2*1-31(2)32-29(23-34(25-15-7-3-8-16-25)26-17-9-4-10-18-26)30(33-31)24-35(27-19-11-5-12-20-27)28-21-13-6-14-22-28;/h2*3-23,29-30H,24H2,1-2H3;. The Morgan fingerprint density at radius 3 is 0.761 bits per heavy atom. The normalized spacial score (nSPS) is 20.5. The van der Waals surface area contributed by atoms with Crippen LogP contribution in [0.4, 0.5) is 0 Å². The van der Waals surface area contributed by atoms with E-state index in [1.807, 2.05) is 0 Å². The van der Waals surface area contributed by atoms with Gasteiger partial charge in [0.2, 0.25) is 0 Å². The summed E-state index contributed by atoms with van der Waals surface area (Å²) in [4.78, 5) is 0. The second-order valence-corrected chi connectivity index (χ2v) is 31.6. The van der Waals surface area contributed by atoms with E-state index in [2.05, 4.69) is 270 Å². The van der Waals surface area contributed by atoms with E-state index in [0.29, 0.717) is 0 Å². The average Bonchev–Trinajstić information content (AvgIpc) is 3.90. The van der Waals surface area contributed by atoms with E-state index in [-0.39, 0.29) is 50.7 Å². The number of hydrogen-bond acceptors (Lipinski definition) is 4. The fraction of sp³-hybridized carbons (Fsp3) is 0.226. The molecule has 0 amide bonds. The molecule has 8 aromatic carbocycles. The SMILES string of the molecule is CC1(C)OC(CP(c2ccccc2)c2ccccc2)C([CH]([Pd][CH](C2OC(C)(C)OC2CP(c2ccccc2)c2ccccc2)P(c2ccccc2)c2ccccc2)P(c2ccccc2)c2ccccc2)O1.